The minimum Gasteiger partial charge on any atom is -0.349 e. The van der Waals surface area contributed by atoms with Gasteiger partial charge in [-0.3, -0.25) is 14.5 Å². The summed E-state index contributed by atoms with van der Waals surface area (Å²) in [4.78, 5) is 28.6. The van der Waals surface area contributed by atoms with Crippen LogP contribution in [0.2, 0.25) is 0 Å². The summed E-state index contributed by atoms with van der Waals surface area (Å²) in [6.07, 6.45) is 6.70. The number of aromatic nitrogens is 1. The van der Waals surface area contributed by atoms with E-state index in [1.165, 1.54) is 18.4 Å². The van der Waals surface area contributed by atoms with Crippen molar-refractivity contribution in [3.63, 3.8) is 0 Å². The summed E-state index contributed by atoms with van der Waals surface area (Å²) >= 11 is 0. The number of amides is 1. The second kappa shape index (κ2) is 9.49. The lowest BCUT2D eigenvalue weighted by Gasteiger charge is -2.32. The summed E-state index contributed by atoms with van der Waals surface area (Å²) in [5.74, 6) is 0.634. The quantitative estimate of drug-likeness (QED) is 0.531. The predicted octanol–water partition coefficient (Wildman–Crippen LogP) is 4.07. The number of nitrogens with one attached hydrogen (secondary N) is 2. The van der Waals surface area contributed by atoms with Gasteiger partial charge in [-0.2, -0.15) is 0 Å². The lowest BCUT2D eigenvalue weighted by molar-refractivity contribution is 0.0951. The molecule has 36 heavy (non-hydrogen) atoms. The van der Waals surface area contributed by atoms with Crippen molar-refractivity contribution < 1.29 is 4.79 Å². The van der Waals surface area contributed by atoms with Gasteiger partial charge in [0, 0.05) is 62.0 Å². The molecule has 2 saturated carbocycles. The molecular formula is C30H36N4O2. The van der Waals surface area contributed by atoms with Crippen LogP contribution in [-0.2, 0) is 13.1 Å². The Morgan fingerprint density at radius 1 is 1.08 bits per heavy atom. The van der Waals surface area contributed by atoms with Crippen LogP contribution in [-0.4, -0.2) is 47.1 Å². The molecule has 6 rings (SSSR count). The standard InChI is InChI=1S/C30H36N4O2/c1-19-3-6-23(29(35)32-25-8-9-25)14-27(19)22-7-10-26-28(13-22)24(17-33-12-11-31-20(2)15-33)18-34(30(26)36)16-21-4-5-21/h3,6-7,10,13-14,18,20-21,25,31H,4-5,8-9,11-12,15-17H2,1-2H3,(H,32,35)/t20-/m0/s1. The monoisotopic (exact) mass is 484 g/mol. The summed E-state index contributed by atoms with van der Waals surface area (Å²) in [5, 5.41) is 8.45. The molecule has 2 heterocycles. The van der Waals surface area contributed by atoms with Crippen LogP contribution in [0, 0.1) is 12.8 Å². The summed E-state index contributed by atoms with van der Waals surface area (Å²) in [5.41, 5.74) is 5.23. The number of carbonyl (C=O) groups is 1. The number of nitrogens with zero attached hydrogens (tertiary/aromatic N) is 2. The molecule has 6 nitrogen and oxygen atoms in total. The van der Waals surface area contributed by atoms with E-state index < -0.39 is 0 Å². The first-order chi connectivity index (χ1) is 17.4. The third kappa shape index (κ3) is 4.97. The number of hydrogen-bond donors (Lipinski definition) is 2. The summed E-state index contributed by atoms with van der Waals surface area (Å²) < 4.78 is 1.95. The van der Waals surface area contributed by atoms with Gasteiger partial charge < -0.3 is 15.2 Å². The molecule has 0 unspecified atom stereocenters. The van der Waals surface area contributed by atoms with Crippen LogP contribution in [0.25, 0.3) is 21.9 Å². The molecule has 1 aromatic heterocycles. The smallest absolute Gasteiger partial charge is 0.258 e. The van der Waals surface area contributed by atoms with Gasteiger partial charge in [0.2, 0.25) is 0 Å². The Morgan fingerprint density at radius 3 is 2.67 bits per heavy atom. The van der Waals surface area contributed by atoms with E-state index in [-0.39, 0.29) is 11.5 Å². The fourth-order valence-corrected chi connectivity index (χ4v) is 5.44. The predicted molar refractivity (Wildman–Crippen MR) is 144 cm³/mol. The lowest BCUT2D eigenvalue weighted by atomic mass is 9.94. The third-order valence-electron chi connectivity index (χ3n) is 7.89. The fourth-order valence-electron chi connectivity index (χ4n) is 5.44. The highest BCUT2D eigenvalue weighted by Crippen LogP contribution is 2.32. The van der Waals surface area contributed by atoms with Gasteiger partial charge in [0.25, 0.3) is 11.5 Å². The van der Waals surface area contributed by atoms with Crippen LogP contribution >= 0.6 is 0 Å². The van der Waals surface area contributed by atoms with E-state index in [2.05, 4.69) is 41.6 Å². The minimum atomic E-state index is -0.00369. The number of aryl methyl sites for hydroxylation is 1. The van der Waals surface area contributed by atoms with E-state index >= 15 is 0 Å². The number of rotatable bonds is 7. The Balaban J connectivity index is 1.41. The molecule has 2 aliphatic carbocycles. The second-order valence-corrected chi connectivity index (χ2v) is 11.2. The zero-order valence-corrected chi connectivity index (χ0v) is 21.3. The first kappa shape index (κ1) is 23.4. The fraction of sp³-hybridized carbons (Fsp3) is 0.467. The van der Waals surface area contributed by atoms with Gasteiger partial charge in [0.05, 0.1) is 0 Å². The molecule has 2 aromatic carbocycles. The van der Waals surface area contributed by atoms with Gasteiger partial charge in [-0.25, -0.2) is 0 Å². The van der Waals surface area contributed by atoms with Gasteiger partial charge >= 0.3 is 0 Å². The van der Waals surface area contributed by atoms with Gasteiger partial charge in [0.15, 0.2) is 0 Å². The third-order valence-corrected chi connectivity index (χ3v) is 7.89. The Labute approximate surface area is 212 Å². The van der Waals surface area contributed by atoms with E-state index in [0.717, 1.165) is 73.0 Å². The molecule has 3 fully saturated rings. The molecule has 1 amide bonds. The molecule has 0 bridgehead atoms. The Hall–Kier alpha value is -2.96. The van der Waals surface area contributed by atoms with Crippen molar-refractivity contribution in [3.05, 3.63) is 69.6 Å². The second-order valence-electron chi connectivity index (χ2n) is 11.2. The molecular weight excluding hydrogens is 448 g/mol. The average molecular weight is 485 g/mol. The first-order valence-electron chi connectivity index (χ1n) is 13.5. The molecule has 1 atom stereocenters. The zero-order chi connectivity index (χ0) is 24.8. The minimum absolute atomic E-state index is 0.00369. The lowest BCUT2D eigenvalue weighted by Crippen LogP contribution is -2.48. The molecule has 6 heteroatoms. The van der Waals surface area contributed by atoms with E-state index in [0.29, 0.717) is 23.6 Å². The van der Waals surface area contributed by atoms with E-state index in [4.69, 9.17) is 0 Å². The van der Waals surface area contributed by atoms with Crippen LogP contribution in [0.5, 0.6) is 0 Å². The van der Waals surface area contributed by atoms with Crippen LogP contribution < -0.4 is 16.2 Å². The highest BCUT2D eigenvalue weighted by Gasteiger charge is 2.25. The Kier molecular flexibility index (Phi) is 6.18. The van der Waals surface area contributed by atoms with Gasteiger partial charge in [-0.15, -0.1) is 0 Å². The van der Waals surface area contributed by atoms with Crippen molar-refractivity contribution in [2.75, 3.05) is 19.6 Å². The number of carbonyl (C=O) groups excluding carboxylic acids is 1. The summed E-state index contributed by atoms with van der Waals surface area (Å²) in [6.45, 7) is 8.95. The van der Waals surface area contributed by atoms with Crippen LogP contribution in [0.3, 0.4) is 0 Å². The summed E-state index contributed by atoms with van der Waals surface area (Å²) in [7, 11) is 0. The summed E-state index contributed by atoms with van der Waals surface area (Å²) in [6, 6.07) is 12.9. The normalized spacial score (nSPS) is 20.6. The number of hydrogen-bond acceptors (Lipinski definition) is 4. The van der Waals surface area contributed by atoms with Crippen molar-refractivity contribution in [2.24, 2.45) is 5.92 Å². The van der Waals surface area contributed by atoms with Gasteiger partial charge in [0.1, 0.15) is 0 Å². The topological polar surface area (TPSA) is 66.4 Å². The van der Waals surface area contributed by atoms with Crippen molar-refractivity contribution in [3.8, 4) is 11.1 Å². The SMILES string of the molecule is Cc1ccc(C(=O)NC2CC2)cc1-c1ccc2c(=O)n(CC3CC3)cc(CN3CCN[C@@H](C)C3)c2c1. The maximum absolute atomic E-state index is 13.4. The van der Waals surface area contributed by atoms with Crippen molar-refractivity contribution in [2.45, 2.75) is 64.7 Å². The molecule has 3 aliphatic rings. The largest absolute Gasteiger partial charge is 0.349 e. The molecule has 2 N–H and O–H groups in total. The number of fused-ring (bicyclic) bond motifs is 1. The van der Waals surface area contributed by atoms with E-state index in [1.54, 1.807) is 0 Å². The number of piperazine rings is 1. The molecule has 0 radical (unpaired) electrons. The maximum Gasteiger partial charge on any atom is 0.258 e. The molecule has 3 aromatic rings. The molecule has 0 spiro atoms. The molecule has 1 aliphatic heterocycles. The highest BCUT2D eigenvalue weighted by molar-refractivity contribution is 5.97. The Morgan fingerprint density at radius 2 is 1.92 bits per heavy atom. The highest BCUT2D eigenvalue weighted by atomic mass is 16.1. The van der Waals surface area contributed by atoms with Crippen molar-refractivity contribution in [1.29, 1.82) is 0 Å². The average Bonchev–Trinajstić information content (AvgIpc) is 3.79. The van der Waals surface area contributed by atoms with Crippen LogP contribution in [0.4, 0.5) is 0 Å². The van der Waals surface area contributed by atoms with Gasteiger partial charge in [-0.05, 0) is 97.4 Å². The number of pyridine rings is 1. The zero-order valence-electron chi connectivity index (χ0n) is 21.3. The van der Waals surface area contributed by atoms with Crippen molar-refractivity contribution in [1.82, 2.24) is 20.1 Å². The van der Waals surface area contributed by atoms with Crippen LogP contribution in [0.15, 0.2) is 47.4 Å². The van der Waals surface area contributed by atoms with Gasteiger partial charge in [-0.1, -0.05) is 12.1 Å². The van der Waals surface area contributed by atoms with E-state index in [9.17, 15) is 9.59 Å². The maximum atomic E-state index is 13.4. The van der Waals surface area contributed by atoms with E-state index in [1.807, 2.05) is 34.9 Å². The Bertz CT molecular complexity index is 1370. The molecule has 188 valence electrons. The molecule has 1 saturated heterocycles. The number of benzene rings is 2. The van der Waals surface area contributed by atoms with Crippen LogP contribution in [0.1, 0.15) is 54.1 Å². The van der Waals surface area contributed by atoms with Crippen molar-refractivity contribution >= 4 is 16.7 Å². The first-order valence-corrected chi connectivity index (χ1v) is 13.5.